The first-order valence-corrected chi connectivity index (χ1v) is 8.60. The third-order valence-electron chi connectivity index (χ3n) is 3.88. The van der Waals surface area contributed by atoms with Crippen LogP contribution < -0.4 is 19.9 Å². The molecule has 3 rings (SSSR count). The molecule has 0 amide bonds. The van der Waals surface area contributed by atoms with Crippen LogP contribution in [0, 0.1) is 5.41 Å². The zero-order chi connectivity index (χ0) is 18.7. The van der Waals surface area contributed by atoms with E-state index < -0.39 is 0 Å². The molecule has 2 aromatic heterocycles. The molecular formula is C19H19N3O3S. The molecule has 0 aliphatic carbocycles. The minimum Gasteiger partial charge on any atom is -0.493 e. The fraction of sp³-hybridized carbons (Fsp3) is 0.158. The van der Waals surface area contributed by atoms with Gasteiger partial charge >= 0.3 is 0 Å². The van der Waals surface area contributed by atoms with Crippen molar-refractivity contribution < 1.29 is 14.2 Å². The van der Waals surface area contributed by atoms with E-state index in [0.717, 1.165) is 21.0 Å². The van der Waals surface area contributed by atoms with Gasteiger partial charge in [0.2, 0.25) is 5.75 Å². The van der Waals surface area contributed by atoms with Gasteiger partial charge in [0.15, 0.2) is 11.5 Å². The minimum atomic E-state index is 0.00772. The molecule has 0 fully saturated rings. The monoisotopic (exact) mass is 369 g/mol. The van der Waals surface area contributed by atoms with Crippen molar-refractivity contribution in [3.63, 3.8) is 0 Å². The van der Waals surface area contributed by atoms with Gasteiger partial charge in [0.1, 0.15) is 5.84 Å². The number of pyridine rings is 1. The molecule has 26 heavy (non-hydrogen) atoms. The Bertz CT molecular complexity index is 910. The fourth-order valence-corrected chi connectivity index (χ4v) is 3.52. The molecule has 2 heterocycles. The van der Waals surface area contributed by atoms with Gasteiger partial charge < -0.3 is 19.9 Å². The van der Waals surface area contributed by atoms with E-state index in [-0.39, 0.29) is 5.84 Å². The molecule has 0 aliphatic heterocycles. The number of aromatic nitrogens is 1. The predicted molar refractivity (Wildman–Crippen MR) is 104 cm³/mol. The standard InChI is InChI=1S/C19H19N3O3S/c1-23-14-8-12(9-15(24-2)18(14)25-3)16-6-7-17(26-16)13-5-4-11(10-22-13)19(20)21/h4-10H,1-3H3,(H3,20,21). The Kier molecular flexibility index (Phi) is 5.09. The van der Waals surface area contributed by atoms with E-state index in [1.165, 1.54) is 0 Å². The van der Waals surface area contributed by atoms with Gasteiger partial charge in [0.05, 0.1) is 31.9 Å². The maximum absolute atomic E-state index is 7.44. The second-order valence-electron chi connectivity index (χ2n) is 5.42. The molecule has 0 saturated heterocycles. The number of methoxy groups -OCH3 is 3. The summed E-state index contributed by atoms with van der Waals surface area (Å²) in [5.41, 5.74) is 7.88. The van der Waals surface area contributed by atoms with Gasteiger partial charge in [-0.2, -0.15) is 0 Å². The summed E-state index contributed by atoms with van der Waals surface area (Å²) in [5, 5.41) is 7.44. The van der Waals surface area contributed by atoms with Crippen LogP contribution in [0.3, 0.4) is 0 Å². The second kappa shape index (κ2) is 7.45. The third-order valence-corrected chi connectivity index (χ3v) is 5.04. The van der Waals surface area contributed by atoms with Crippen LogP contribution in [0.4, 0.5) is 0 Å². The van der Waals surface area contributed by atoms with Crippen molar-refractivity contribution in [3.05, 3.63) is 48.2 Å². The van der Waals surface area contributed by atoms with Gasteiger partial charge in [0.25, 0.3) is 0 Å². The molecule has 0 spiro atoms. The van der Waals surface area contributed by atoms with E-state index in [1.807, 2.05) is 30.3 Å². The van der Waals surface area contributed by atoms with Crippen LogP contribution >= 0.6 is 11.3 Å². The highest BCUT2D eigenvalue weighted by Gasteiger charge is 2.15. The summed E-state index contributed by atoms with van der Waals surface area (Å²) in [6, 6.07) is 11.5. The van der Waals surface area contributed by atoms with Crippen LogP contribution in [0.2, 0.25) is 0 Å². The van der Waals surface area contributed by atoms with Gasteiger partial charge in [-0.3, -0.25) is 10.4 Å². The first-order chi connectivity index (χ1) is 12.6. The Hall–Kier alpha value is -3.06. The van der Waals surface area contributed by atoms with Gasteiger partial charge in [-0.1, -0.05) is 0 Å². The summed E-state index contributed by atoms with van der Waals surface area (Å²) in [6.07, 6.45) is 1.61. The van der Waals surface area contributed by atoms with Crippen LogP contribution in [0.5, 0.6) is 17.2 Å². The zero-order valence-electron chi connectivity index (χ0n) is 14.7. The largest absolute Gasteiger partial charge is 0.493 e. The Balaban J connectivity index is 1.98. The van der Waals surface area contributed by atoms with Crippen LogP contribution in [0.1, 0.15) is 5.56 Å². The van der Waals surface area contributed by atoms with Crippen LogP contribution in [-0.4, -0.2) is 32.1 Å². The lowest BCUT2D eigenvalue weighted by Gasteiger charge is -2.13. The Morgan fingerprint density at radius 2 is 1.62 bits per heavy atom. The quantitative estimate of drug-likeness (QED) is 0.510. The number of hydrogen-bond donors (Lipinski definition) is 2. The van der Waals surface area contributed by atoms with Crippen LogP contribution in [0.15, 0.2) is 42.6 Å². The van der Waals surface area contributed by atoms with Crippen molar-refractivity contribution in [2.24, 2.45) is 5.73 Å². The SMILES string of the molecule is COc1cc(-c2ccc(-c3ccc(C(=N)N)cn3)s2)cc(OC)c1OC. The lowest BCUT2D eigenvalue weighted by Crippen LogP contribution is -2.10. The van der Waals surface area contributed by atoms with Crippen molar-refractivity contribution in [3.8, 4) is 38.3 Å². The summed E-state index contributed by atoms with van der Waals surface area (Å²) in [6.45, 7) is 0. The second-order valence-corrected chi connectivity index (χ2v) is 6.51. The van der Waals surface area contributed by atoms with Gasteiger partial charge in [-0.05, 0) is 42.0 Å². The smallest absolute Gasteiger partial charge is 0.203 e. The van der Waals surface area contributed by atoms with Gasteiger partial charge in [-0.15, -0.1) is 11.3 Å². The van der Waals surface area contributed by atoms with E-state index in [9.17, 15) is 0 Å². The molecule has 0 saturated carbocycles. The van der Waals surface area contributed by atoms with Crippen molar-refractivity contribution >= 4 is 17.2 Å². The average Bonchev–Trinajstić information content (AvgIpc) is 3.17. The van der Waals surface area contributed by atoms with Crippen LogP contribution in [0.25, 0.3) is 21.0 Å². The number of rotatable bonds is 6. The molecule has 0 radical (unpaired) electrons. The third kappa shape index (κ3) is 3.34. The average molecular weight is 369 g/mol. The van der Waals surface area contributed by atoms with Crippen molar-refractivity contribution in [1.82, 2.24) is 4.98 Å². The highest BCUT2D eigenvalue weighted by Crippen LogP contribution is 2.43. The molecule has 0 atom stereocenters. The number of benzene rings is 1. The molecule has 6 nitrogen and oxygen atoms in total. The van der Waals surface area contributed by atoms with Gasteiger partial charge in [0, 0.05) is 16.6 Å². The number of nitrogens with two attached hydrogens (primary N) is 1. The topological polar surface area (TPSA) is 90.5 Å². The number of hydrogen-bond acceptors (Lipinski definition) is 6. The summed E-state index contributed by atoms with van der Waals surface area (Å²) in [4.78, 5) is 6.46. The van der Waals surface area contributed by atoms with Crippen LogP contribution in [-0.2, 0) is 0 Å². The lowest BCUT2D eigenvalue weighted by molar-refractivity contribution is 0.324. The predicted octanol–water partition coefficient (Wildman–Crippen LogP) is 3.79. The Labute approximate surface area is 155 Å². The van der Waals surface area contributed by atoms with Crippen molar-refractivity contribution in [2.75, 3.05) is 21.3 Å². The number of ether oxygens (including phenoxy) is 3. The highest BCUT2D eigenvalue weighted by atomic mass is 32.1. The van der Waals surface area contributed by atoms with E-state index in [4.69, 9.17) is 25.4 Å². The summed E-state index contributed by atoms with van der Waals surface area (Å²) in [7, 11) is 4.78. The van der Waals surface area contributed by atoms with E-state index >= 15 is 0 Å². The van der Waals surface area contributed by atoms with Crippen molar-refractivity contribution in [2.45, 2.75) is 0 Å². The maximum Gasteiger partial charge on any atom is 0.203 e. The molecule has 7 heteroatoms. The number of thiophene rings is 1. The fourth-order valence-electron chi connectivity index (χ4n) is 2.55. The minimum absolute atomic E-state index is 0.00772. The molecule has 3 N–H and O–H groups in total. The molecule has 0 aliphatic rings. The van der Waals surface area contributed by atoms with E-state index in [1.54, 1.807) is 44.9 Å². The number of nitrogens with one attached hydrogen (secondary N) is 1. The normalized spacial score (nSPS) is 10.4. The molecular weight excluding hydrogens is 350 g/mol. The van der Waals surface area contributed by atoms with E-state index in [2.05, 4.69) is 4.98 Å². The molecule has 0 unspecified atom stereocenters. The first-order valence-electron chi connectivity index (χ1n) is 7.78. The summed E-state index contributed by atoms with van der Waals surface area (Å²) in [5.74, 6) is 1.80. The lowest BCUT2D eigenvalue weighted by atomic mass is 10.1. The molecule has 0 bridgehead atoms. The maximum atomic E-state index is 7.44. The highest BCUT2D eigenvalue weighted by molar-refractivity contribution is 7.18. The number of nitrogens with zero attached hydrogens (tertiary/aromatic N) is 1. The van der Waals surface area contributed by atoms with Crippen molar-refractivity contribution in [1.29, 1.82) is 5.41 Å². The Morgan fingerprint density at radius 1 is 0.962 bits per heavy atom. The van der Waals surface area contributed by atoms with E-state index in [0.29, 0.717) is 22.8 Å². The summed E-state index contributed by atoms with van der Waals surface area (Å²) >= 11 is 1.61. The van der Waals surface area contributed by atoms with Gasteiger partial charge in [-0.25, -0.2) is 0 Å². The number of amidine groups is 1. The Morgan fingerprint density at radius 3 is 2.12 bits per heavy atom. The number of nitrogen functional groups attached to an aromatic ring is 1. The molecule has 3 aromatic rings. The molecule has 134 valence electrons. The zero-order valence-corrected chi connectivity index (χ0v) is 15.5. The summed E-state index contributed by atoms with van der Waals surface area (Å²) < 4.78 is 16.2. The first kappa shape index (κ1) is 17.8. The molecule has 1 aromatic carbocycles.